The fraction of sp³-hybridized carbons (Fsp3) is 0.722. The molecule has 0 aromatic carbocycles. The highest BCUT2D eigenvalue weighted by Crippen LogP contribution is 2.11. The van der Waals surface area contributed by atoms with Gasteiger partial charge in [0, 0.05) is 71.3 Å². The molecule has 1 aromatic rings. The van der Waals surface area contributed by atoms with E-state index in [2.05, 4.69) is 36.9 Å². The Morgan fingerprint density at radius 1 is 1.23 bits per heavy atom. The van der Waals surface area contributed by atoms with E-state index in [0.717, 1.165) is 77.1 Å². The van der Waals surface area contributed by atoms with E-state index in [4.69, 9.17) is 4.99 Å². The number of hydrogen-bond donors (Lipinski definition) is 2. The maximum absolute atomic E-state index is 9.72. The van der Waals surface area contributed by atoms with Crippen molar-refractivity contribution in [3.8, 4) is 0 Å². The first kappa shape index (κ1) is 18.8. The Hall–Kier alpha value is -1.93. The van der Waals surface area contributed by atoms with Crippen LogP contribution in [0.4, 0.5) is 5.95 Å². The van der Waals surface area contributed by atoms with Crippen LogP contribution in [0, 0.1) is 0 Å². The largest absolute Gasteiger partial charge is 0.391 e. The molecular weight excluding hydrogens is 330 g/mol. The van der Waals surface area contributed by atoms with Crippen LogP contribution in [0.15, 0.2) is 23.5 Å². The van der Waals surface area contributed by atoms with E-state index in [-0.39, 0.29) is 6.10 Å². The summed E-state index contributed by atoms with van der Waals surface area (Å²) < 4.78 is 0. The highest BCUT2D eigenvalue weighted by atomic mass is 16.3. The van der Waals surface area contributed by atoms with Crippen molar-refractivity contribution < 1.29 is 5.11 Å². The lowest BCUT2D eigenvalue weighted by Gasteiger charge is -2.34. The lowest BCUT2D eigenvalue weighted by atomic mass is 10.3. The molecule has 1 aromatic heterocycles. The first-order valence-electron chi connectivity index (χ1n) is 9.72. The van der Waals surface area contributed by atoms with Crippen molar-refractivity contribution in [2.75, 3.05) is 63.8 Å². The zero-order chi connectivity index (χ0) is 18.2. The predicted molar refractivity (Wildman–Crippen MR) is 103 cm³/mol. The van der Waals surface area contributed by atoms with Crippen LogP contribution in [-0.2, 0) is 0 Å². The number of β-amino-alcohol motifs (C(OH)–C–C–N with tert-alkyl or cyclic N) is 1. The van der Waals surface area contributed by atoms with E-state index >= 15 is 0 Å². The van der Waals surface area contributed by atoms with Crippen molar-refractivity contribution in [3.05, 3.63) is 18.5 Å². The van der Waals surface area contributed by atoms with Crippen molar-refractivity contribution in [2.45, 2.75) is 25.9 Å². The number of nitrogens with zero attached hydrogens (tertiary/aromatic N) is 6. The zero-order valence-corrected chi connectivity index (χ0v) is 15.7. The number of aliphatic hydroxyl groups is 1. The van der Waals surface area contributed by atoms with Gasteiger partial charge in [-0.15, -0.1) is 0 Å². The highest BCUT2D eigenvalue weighted by molar-refractivity contribution is 5.80. The van der Waals surface area contributed by atoms with Crippen LogP contribution in [0.1, 0.15) is 19.8 Å². The van der Waals surface area contributed by atoms with E-state index in [9.17, 15) is 5.11 Å². The maximum Gasteiger partial charge on any atom is 0.225 e. The lowest BCUT2D eigenvalue weighted by molar-refractivity contribution is 0.187. The van der Waals surface area contributed by atoms with Gasteiger partial charge in [0.15, 0.2) is 5.96 Å². The van der Waals surface area contributed by atoms with Crippen LogP contribution in [0.3, 0.4) is 0 Å². The second kappa shape index (κ2) is 9.68. The summed E-state index contributed by atoms with van der Waals surface area (Å²) in [6, 6.07) is 1.85. The van der Waals surface area contributed by atoms with E-state index in [1.165, 1.54) is 0 Å². The second-order valence-corrected chi connectivity index (χ2v) is 6.86. The Morgan fingerprint density at radius 2 is 2.00 bits per heavy atom. The van der Waals surface area contributed by atoms with Crippen LogP contribution < -0.4 is 10.2 Å². The molecule has 0 saturated carbocycles. The first-order valence-corrected chi connectivity index (χ1v) is 9.72. The molecule has 0 radical (unpaired) electrons. The van der Waals surface area contributed by atoms with Crippen molar-refractivity contribution in [2.24, 2.45) is 4.99 Å². The van der Waals surface area contributed by atoms with E-state index < -0.39 is 0 Å². The zero-order valence-electron chi connectivity index (χ0n) is 15.7. The maximum atomic E-state index is 9.72. The molecule has 0 bridgehead atoms. The number of rotatable bonds is 6. The lowest BCUT2D eigenvalue weighted by Crippen LogP contribution is -2.47. The summed E-state index contributed by atoms with van der Waals surface area (Å²) in [5, 5.41) is 13.1. The van der Waals surface area contributed by atoms with Crippen LogP contribution in [0.25, 0.3) is 0 Å². The molecule has 2 fully saturated rings. The quantitative estimate of drug-likeness (QED) is 0.420. The number of nitrogens with one attached hydrogen (secondary N) is 1. The van der Waals surface area contributed by atoms with Crippen molar-refractivity contribution in [1.29, 1.82) is 0 Å². The van der Waals surface area contributed by atoms with Gasteiger partial charge in [0.05, 0.1) is 6.10 Å². The SMILES string of the molecule is CCNC(=NCCCN1CCN(c2ncccn2)CC1)N1CC[C@@H](O)C1. The second-order valence-electron chi connectivity index (χ2n) is 6.86. The number of aliphatic hydroxyl groups excluding tert-OH is 1. The van der Waals surface area contributed by atoms with Gasteiger partial charge in [-0.25, -0.2) is 9.97 Å². The van der Waals surface area contributed by atoms with Crippen LogP contribution >= 0.6 is 0 Å². The number of aromatic nitrogens is 2. The summed E-state index contributed by atoms with van der Waals surface area (Å²) in [6.07, 6.45) is 5.26. The van der Waals surface area contributed by atoms with E-state index in [1.807, 2.05) is 6.07 Å². The third kappa shape index (κ3) is 5.28. The average molecular weight is 361 g/mol. The predicted octanol–water partition coefficient (Wildman–Crippen LogP) is 0.0208. The minimum Gasteiger partial charge on any atom is -0.391 e. The van der Waals surface area contributed by atoms with Gasteiger partial charge in [-0.05, 0) is 25.8 Å². The van der Waals surface area contributed by atoms with Gasteiger partial charge in [0.25, 0.3) is 0 Å². The van der Waals surface area contributed by atoms with Crippen LogP contribution in [0.2, 0.25) is 0 Å². The molecule has 2 N–H and O–H groups in total. The summed E-state index contributed by atoms with van der Waals surface area (Å²) in [7, 11) is 0. The standard InChI is InChI=1S/C18H31N7O/c1-2-19-17(25-10-5-16(26)15-25)22-8-4-9-23-11-13-24(14-12-23)18-20-6-3-7-21-18/h3,6-7,16,26H,2,4-5,8-15H2,1H3,(H,19,22)/t16-/m1/s1. The molecule has 26 heavy (non-hydrogen) atoms. The Kier molecular flexibility index (Phi) is 7.02. The molecule has 0 amide bonds. The van der Waals surface area contributed by atoms with Crippen molar-refractivity contribution >= 4 is 11.9 Å². The monoisotopic (exact) mass is 361 g/mol. The summed E-state index contributed by atoms with van der Waals surface area (Å²) in [4.78, 5) is 20.3. The fourth-order valence-corrected chi connectivity index (χ4v) is 3.47. The van der Waals surface area contributed by atoms with Crippen LogP contribution in [-0.4, -0.2) is 95.8 Å². The Labute approximate surface area is 155 Å². The minimum atomic E-state index is -0.219. The molecule has 0 unspecified atom stereocenters. The van der Waals surface area contributed by atoms with Gasteiger partial charge in [0.1, 0.15) is 0 Å². The number of guanidine groups is 1. The third-order valence-corrected chi connectivity index (χ3v) is 4.90. The molecule has 2 aliphatic rings. The van der Waals surface area contributed by atoms with Gasteiger partial charge < -0.3 is 20.2 Å². The summed E-state index contributed by atoms with van der Waals surface area (Å²) in [5.74, 6) is 1.77. The molecule has 0 aliphatic carbocycles. The minimum absolute atomic E-state index is 0.219. The molecule has 144 valence electrons. The van der Waals surface area contributed by atoms with Gasteiger partial charge in [0.2, 0.25) is 5.95 Å². The van der Waals surface area contributed by atoms with Gasteiger partial charge in [-0.3, -0.25) is 9.89 Å². The summed E-state index contributed by atoms with van der Waals surface area (Å²) in [5.41, 5.74) is 0. The average Bonchev–Trinajstić information content (AvgIpc) is 3.12. The molecule has 8 heteroatoms. The van der Waals surface area contributed by atoms with Gasteiger partial charge in [-0.1, -0.05) is 0 Å². The van der Waals surface area contributed by atoms with Crippen LogP contribution in [0.5, 0.6) is 0 Å². The molecule has 8 nitrogen and oxygen atoms in total. The molecule has 2 saturated heterocycles. The number of anilines is 1. The number of aliphatic imine (C=N–C) groups is 1. The molecule has 0 spiro atoms. The van der Waals surface area contributed by atoms with Gasteiger partial charge >= 0.3 is 0 Å². The van der Waals surface area contributed by atoms with E-state index in [1.54, 1.807) is 12.4 Å². The number of likely N-dealkylation sites (tertiary alicyclic amines) is 1. The molecular formula is C18H31N7O. The summed E-state index contributed by atoms with van der Waals surface area (Å²) >= 11 is 0. The number of hydrogen-bond acceptors (Lipinski definition) is 6. The Balaban J connectivity index is 1.38. The van der Waals surface area contributed by atoms with Crippen molar-refractivity contribution in [3.63, 3.8) is 0 Å². The normalized spacial score (nSPS) is 22.1. The van der Waals surface area contributed by atoms with Gasteiger partial charge in [-0.2, -0.15) is 0 Å². The third-order valence-electron chi connectivity index (χ3n) is 4.90. The Morgan fingerprint density at radius 3 is 2.65 bits per heavy atom. The topological polar surface area (TPSA) is 80.1 Å². The molecule has 3 rings (SSSR count). The first-order chi connectivity index (χ1) is 12.8. The molecule has 1 atom stereocenters. The Bertz CT molecular complexity index is 560. The highest BCUT2D eigenvalue weighted by Gasteiger charge is 2.23. The van der Waals surface area contributed by atoms with E-state index in [0.29, 0.717) is 6.54 Å². The molecule has 2 aliphatic heterocycles. The van der Waals surface area contributed by atoms with Crippen molar-refractivity contribution in [1.82, 2.24) is 25.1 Å². The number of piperazine rings is 1. The molecule has 3 heterocycles. The summed E-state index contributed by atoms with van der Waals surface area (Å²) in [6.45, 7) is 10.4. The fourth-order valence-electron chi connectivity index (χ4n) is 3.47. The smallest absolute Gasteiger partial charge is 0.225 e.